The van der Waals surface area contributed by atoms with Gasteiger partial charge in [-0.25, -0.2) is 4.79 Å². The van der Waals surface area contributed by atoms with Crippen molar-refractivity contribution in [3.63, 3.8) is 0 Å². The van der Waals surface area contributed by atoms with E-state index in [1.807, 2.05) is 31.2 Å². The number of amides is 2. The number of hydrogen-bond donors (Lipinski definition) is 2. The van der Waals surface area contributed by atoms with Gasteiger partial charge in [0.1, 0.15) is 6.61 Å². The van der Waals surface area contributed by atoms with Crippen molar-refractivity contribution in [2.75, 3.05) is 19.7 Å². The Bertz CT molecular complexity index is 409. The Labute approximate surface area is 106 Å². The lowest BCUT2D eigenvalue weighted by Gasteiger charge is -2.26. The van der Waals surface area contributed by atoms with Gasteiger partial charge in [0.25, 0.3) is 0 Å². The molecule has 5 heteroatoms. The van der Waals surface area contributed by atoms with Crippen molar-refractivity contribution >= 4 is 6.03 Å². The van der Waals surface area contributed by atoms with Gasteiger partial charge in [-0.15, -0.1) is 0 Å². The van der Waals surface area contributed by atoms with Crippen LogP contribution >= 0.6 is 0 Å². The van der Waals surface area contributed by atoms with Gasteiger partial charge in [0.15, 0.2) is 17.6 Å². The highest BCUT2D eigenvalue weighted by Crippen LogP contribution is 2.30. The highest BCUT2D eigenvalue weighted by molar-refractivity contribution is 5.73. The van der Waals surface area contributed by atoms with E-state index in [-0.39, 0.29) is 12.1 Å². The number of hydrogen-bond acceptors (Lipinski definition) is 3. The van der Waals surface area contributed by atoms with Crippen molar-refractivity contribution in [1.29, 1.82) is 0 Å². The van der Waals surface area contributed by atoms with Gasteiger partial charge in [0.2, 0.25) is 0 Å². The molecule has 0 aliphatic carbocycles. The van der Waals surface area contributed by atoms with Crippen molar-refractivity contribution in [2.45, 2.75) is 19.4 Å². The third kappa shape index (κ3) is 3.29. The average molecular weight is 250 g/mol. The van der Waals surface area contributed by atoms with Gasteiger partial charge in [-0.05, 0) is 18.6 Å². The summed E-state index contributed by atoms with van der Waals surface area (Å²) in [7, 11) is 0. The Balaban J connectivity index is 1.78. The average Bonchev–Trinajstić information content (AvgIpc) is 2.42. The normalized spacial score (nSPS) is 17.1. The largest absolute Gasteiger partial charge is 0.486 e. The predicted octanol–water partition coefficient (Wildman–Crippen LogP) is 1.54. The van der Waals surface area contributed by atoms with Crippen LogP contribution in [0.1, 0.15) is 13.3 Å². The molecule has 2 amide bonds. The van der Waals surface area contributed by atoms with Crippen LogP contribution in [0.2, 0.25) is 0 Å². The second kappa shape index (κ2) is 6.14. The molecule has 0 radical (unpaired) electrons. The molecule has 98 valence electrons. The van der Waals surface area contributed by atoms with Crippen molar-refractivity contribution in [2.24, 2.45) is 0 Å². The molecule has 1 aliphatic heterocycles. The van der Waals surface area contributed by atoms with Crippen LogP contribution in [0.3, 0.4) is 0 Å². The lowest BCUT2D eigenvalue weighted by atomic mass is 10.2. The molecule has 1 aliphatic rings. The molecule has 1 atom stereocenters. The van der Waals surface area contributed by atoms with E-state index in [1.165, 1.54) is 0 Å². The summed E-state index contributed by atoms with van der Waals surface area (Å²) in [5, 5.41) is 5.51. The number of fused-ring (bicyclic) bond motifs is 1. The lowest BCUT2D eigenvalue weighted by molar-refractivity contribution is 0.0918. The van der Waals surface area contributed by atoms with Crippen LogP contribution in [-0.2, 0) is 0 Å². The van der Waals surface area contributed by atoms with Crippen molar-refractivity contribution < 1.29 is 14.3 Å². The molecule has 0 unspecified atom stereocenters. The molecule has 5 nitrogen and oxygen atoms in total. The minimum Gasteiger partial charge on any atom is -0.486 e. The van der Waals surface area contributed by atoms with E-state index < -0.39 is 0 Å². The first-order valence-corrected chi connectivity index (χ1v) is 6.19. The molecule has 0 bridgehead atoms. The number of urea groups is 1. The molecule has 2 N–H and O–H groups in total. The zero-order valence-corrected chi connectivity index (χ0v) is 10.4. The van der Waals surface area contributed by atoms with Crippen LogP contribution in [0.15, 0.2) is 24.3 Å². The molecule has 1 aromatic rings. The molecule has 18 heavy (non-hydrogen) atoms. The van der Waals surface area contributed by atoms with E-state index in [2.05, 4.69) is 10.6 Å². The number of para-hydroxylation sites is 2. The summed E-state index contributed by atoms with van der Waals surface area (Å²) in [5.41, 5.74) is 0. The van der Waals surface area contributed by atoms with Crippen LogP contribution in [0.5, 0.6) is 11.5 Å². The Morgan fingerprint density at radius 1 is 1.33 bits per heavy atom. The van der Waals surface area contributed by atoms with Gasteiger partial charge in [-0.2, -0.15) is 0 Å². The summed E-state index contributed by atoms with van der Waals surface area (Å²) in [5.74, 6) is 1.48. The monoisotopic (exact) mass is 250 g/mol. The second-order valence-electron chi connectivity index (χ2n) is 4.13. The van der Waals surface area contributed by atoms with Crippen molar-refractivity contribution in [3.05, 3.63) is 24.3 Å². The number of carbonyl (C=O) groups excluding carboxylic acids is 1. The maximum atomic E-state index is 11.4. The fraction of sp³-hybridized carbons (Fsp3) is 0.462. The summed E-state index contributed by atoms with van der Waals surface area (Å²) in [6.45, 7) is 3.57. The van der Waals surface area contributed by atoms with E-state index in [9.17, 15) is 4.79 Å². The topological polar surface area (TPSA) is 59.6 Å². The zero-order chi connectivity index (χ0) is 12.8. The quantitative estimate of drug-likeness (QED) is 0.852. The first-order chi connectivity index (χ1) is 8.79. The molecule has 0 spiro atoms. The van der Waals surface area contributed by atoms with E-state index in [4.69, 9.17) is 9.47 Å². The number of carbonyl (C=O) groups is 1. The van der Waals surface area contributed by atoms with Gasteiger partial charge < -0.3 is 20.1 Å². The highest BCUT2D eigenvalue weighted by atomic mass is 16.6. The van der Waals surface area contributed by atoms with Gasteiger partial charge in [-0.1, -0.05) is 19.1 Å². The molecule has 0 saturated carbocycles. The first kappa shape index (κ1) is 12.5. The van der Waals surface area contributed by atoms with Crippen molar-refractivity contribution in [1.82, 2.24) is 10.6 Å². The second-order valence-corrected chi connectivity index (χ2v) is 4.13. The summed E-state index contributed by atoms with van der Waals surface area (Å²) in [4.78, 5) is 11.4. The van der Waals surface area contributed by atoms with Crippen LogP contribution in [0.25, 0.3) is 0 Å². The summed E-state index contributed by atoms with van der Waals surface area (Å²) < 4.78 is 11.3. The maximum Gasteiger partial charge on any atom is 0.314 e. The molecule has 0 aromatic heterocycles. The van der Waals surface area contributed by atoms with E-state index in [0.29, 0.717) is 19.7 Å². The van der Waals surface area contributed by atoms with Gasteiger partial charge in [0, 0.05) is 6.54 Å². The number of rotatable bonds is 4. The Morgan fingerprint density at radius 2 is 2.11 bits per heavy atom. The van der Waals surface area contributed by atoms with E-state index in [1.54, 1.807) is 0 Å². The number of benzene rings is 1. The van der Waals surface area contributed by atoms with Gasteiger partial charge in [-0.3, -0.25) is 0 Å². The maximum absolute atomic E-state index is 11.4. The smallest absolute Gasteiger partial charge is 0.314 e. The first-order valence-electron chi connectivity index (χ1n) is 6.19. The van der Waals surface area contributed by atoms with Crippen LogP contribution in [0.4, 0.5) is 4.79 Å². The Hall–Kier alpha value is -1.91. The molecule has 1 heterocycles. The Kier molecular flexibility index (Phi) is 4.28. The van der Waals surface area contributed by atoms with Gasteiger partial charge >= 0.3 is 6.03 Å². The Morgan fingerprint density at radius 3 is 2.89 bits per heavy atom. The third-order valence-electron chi connectivity index (χ3n) is 2.59. The standard InChI is InChI=1S/C13H18N2O3/c1-2-7-14-13(16)15-8-10-9-17-11-5-3-4-6-12(11)18-10/h3-6,10H,2,7-9H2,1H3,(H2,14,15,16)/t10-/m1/s1. The zero-order valence-electron chi connectivity index (χ0n) is 10.4. The SMILES string of the molecule is CCCNC(=O)NC[C@@H]1COc2ccccc2O1. The van der Waals surface area contributed by atoms with Crippen LogP contribution in [-0.4, -0.2) is 31.8 Å². The molecular weight excluding hydrogens is 232 g/mol. The van der Waals surface area contributed by atoms with Crippen molar-refractivity contribution in [3.8, 4) is 11.5 Å². The number of ether oxygens (including phenoxy) is 2. The van der Waals surface area contributed by atoms with Crippen LogP contribution in [0, 0.1) is 0 Å². The molecule has 0 fully saturated rings. The minimum atomic E-state index is -0.167. The van der Waals surface area contributed by atoms with Gasteiger partial charge in [0.05, 0.1) is 6.54 Å². The van der Waals surface area contributed by atoms with Crippen LogP contribution < -0.4 is 20.1 Å². The minimum absolute atomic E-state index is 0.146. The lowest BCUT2D eigenvalue weighted by Crippen LogP contribution is -2.44. The third-order valence-corrected chi connectivity index (χ3v) is 2.59. The van der Waals surface area contributed by atoms with E-state index >= 15 is 0 Å². The highest BCUT2D eigenvalue weighted by Gasteiger charge is 2.20. The predicted molar refractivity (Wildman–Crippen MR) is 68.0 cm³/mol. The fourth-order valence-corrected chi connectivity index (χ4v) is 1.67. The molecule has 0 saturated heterocycles. The molecular formula is C13H18N2O3. The fourth-order valence-electron chi connectivity index (χ4n) is 1.67. The molecule has 1 aromatic carbocycles. The summed E-state index contributed by atoms with van der Waals surface area (Å²) in [6, 6.07) is 7.36. The number of nitrogens with one attached hydrogen (secondary N) is 2. The van der Waals surface area contributed by atoms with E-state index in [0.717, 1.165) is 17.9 Å². The summed E-state index contributed by atoms with van der Waals surface area (Å²) >= 11 is 0. The molecule has 2 rings (SSSR count). The summed E-state index contributed by atoms with van der Waals surface area (Å²) in [6.07, 6.45) is 0.774.